The summed E-state index contributed by atoms with van der Waals surface area (Å²) < 4.78 is 0. The topological polar surface area (TPSA) is 67.6 Å². The second-order valence-corrected chi connectivity index (χ2v) is 1.90. The third-order valence-corrected chi connectivity index (χ3v) is 1.08. The molecule has 56 valence electrons. The van der Waals surface area contributed by atoms with Crippen molar-refractivity contribution in [2.24, 2.45) is 5.73 Å². The van der Waals surface area contributed by atoms with Gasteiger partial charge in [0, 0.05) is 13.0 Å². The maximum Gasteiger partial charge on any atom is 0.219 e. The van der Waals surface area contributed by atoms with E-state index in [0.717, 1.165) is 0 Å². The molecule has 1 amide bonds. The van der Waals surface area contributed by atoms with Gasteiger partial charge in [-0.05, 0) is 0 Å². The standard InChI is InChI=1S/C5H9N3O2/c6-5(9)1-2-8-3-4-10-7-8/h3-4,7H,1-2H2,(H2,6,9). The Morgan fingerprint density at radius 3 is 3.10 bits per heavy atom. The lowest BCUT2D eigenvalue weighted by Crippen LogP contribution is -2.30. The number of hydrogen-bond acceptors (Lipinski definition) is 4. The fourth-order valence-corrected chi connectivity index (χ4v) is 0.583. The Bertz CT molecular complexity index is 157. The minimum atomic E-state index is -0.317. The molecule has 1 rings (SSSR count). The van der Waals surface area contributed by atoms with Crippen LogP contribution >= 0.6 is 0 Å². The molecule has 1 aliphatic rings. The number of carbonyl (C=O) groups is 1. The fourth-order valence-electron chi connectivity index (χ4n) is 0.583. The van der Waals surface area contributed by atoms with Crippen molar-refractivity contribution < 1.29 is 9.63 Å². The molecule has 3 N–H and O–H groups in total. The van der Waals surface area contributed by atoms with Crippen molar-refractivity contribution in [1.29, 1.82) is 0 Å². The van der Waals surface area contributed by atoms with E-state index in [0.29, 0.717) is 13.0 Å². The van der Waals surface area contributed by atoms with E-state index in [9.17, 15) is 4.79 Å². The summed E-state index contributed by atoms with van der Waals surface area (Å²) in [6.07, 6.45) is 3.49. The summed E-state index contributed by atoms with van der Waals surface area (Å²) in [5, 5.41) is 1.63. The van der Waals surface area contributed by atoms with Crippen LogP contribution < -0.4 is 11.3 Å². The van der Waals surface area contributed by atoms with Gasteiger partial charge < -0.3 is 10.6 Å². The Balaban J connectivity index is 2.13. The summed E-state index contributed by atoms with van der Waals surface area (Å²) in [4.78, 5) is 14.9. The summed E-state index contributed by atoms with van der Waals surface area (Å²) in [5.41, 5.74) is 7.44. The third kappa shape index (κ3) is 1.94. The highest BCUT2D eigenvalue weighted by Crippen LogP contribution is 1.94. The van der Waals surface area contributed by atoms with Gasteiger partial charge in [-0.15, -0.1) is 0 Å². The Labute approximate surface area is 58.4 Å². The molecule has 0 spiro atoms. The number of rotatable bonds is 3. The molecular formula is C5H9N3O2. The zero-order valence-electron chi connectivity index (χ0n) is 5.41. The van der Waals surface area contributed by atoms with Crippen LogP contribution in [0.3, 0.4) is 0 Å². The molecular weight excluding hydrogens is 134 g/mol. The number of amides is 1. The molecule has 0 aromatic carbocycles. The lowest BCUT2D eigenvalue weighted by molar-refractivity contribution is -0.118. The van der Waals surface area contributed by atoms with Crippen molar-refractivity contribution >= 4 is 5.91 Å². The zero-order chi connectivity index (χ0) is 7.40. The molecule has 5 nitrogen and oxygen atoms in total. The predicted molar refractivity (Wildman–Crippen MR) is 33.9 cm³/mol. The van der Waals surface area contributed by atoms with Gasteiger partial charge in [-0.1, -0.05) is 5.59 Å². The quantitative estimate of drug-likeness (QED) is 0.536. The van der Waals surface area contributed by atoms with Crippen LogP contribution in [0.1, 0.15) is 6.42 Å². The normalized spacial score (nSPS) is 15.4. The highest BCUT2D eigenvalue weighted by molar-refractivity contribution is 5.73. The molecule has 1 heterocycles. The minimum Gasteiger partial charge on any atom is -0.395 e. The first-order valence-electron chi connectivity index (χ1n) is 2.92. The summed E-state index contributed by atoms with van der Waals surface area (Å²) in [7, 11) is 0. The maximum absolute atomic E-state index is 10.3. The molecule has 0 fully saturated rings. The van der Waals surface area contributed by atoms with Gasteiger partial charge in [0.25, 0.3) is 0 Å². The van der Waals surface area contributed by atoms with Crippen molar-refractivity contribution in [1.82, 2.24) is 10.6 Å². The van der Waals surface area contributed by atoms with Crippen molar-refractivity contribution in [2.45, 2.75) is 6.42 Å². The Hall–Kier alpha value is -1.23. The van der Waals surface area contributed by atoms with E-state index >= 15 is 0 Å². The molecule has 0 aliphatic carbocycles. The molecule has 0 atom stereocenters. The van der Waals surface area contributed by atoms with E-state index < -0.39 is 0 Å². The van der Waals surface area contributed by atoms with E-state index in [2.05, 4.69) is 10.4 Å². The number of nitrogens with one attached hydrogen (secondary N) is 1. The first kappa shape index (κ1) is 6.88. The summed E-state index contributed by atoms with van der Waals surface area (Å²) in [6, 6.07) is 0. The minimum absolute atomic E-state index is 0.317. The van der Waals surface area contributed by atoms with E-state index in [1.165, 1.54) is 6.26 Å². The number of nitrogens with two attached hydrogens (primary N) is 1. The average molecular weight is 143 g/mol. The van der Waals surface area contributed by atoms with Crippen molar-refractivity contribution in [2.75, 3.05) is 6.54 Å². The van der Waals surface area contributed by atoms with Gasteiger partial charge in [-0.2, -0.15) is 0 Å². The molecule has 0 bridgehead atoms. The molecule has 0 saturated carbocycles. The number of nitrogens with zero attached hydrogens (tertiary/aromatic N) is 1. The maximum atomic E-state index is 10.3. The largest absolute Gasteiger partial charge is 0.395 e. The van der Waals surface area contributed by atoms with Crippen LogP contribution in [0.2, 0.25) is 0 Å². The van der Waals surface area contributed by atoms with Crippen LogP contribution in [0, 0.1) is 0 Å². The van der Waals surface area contributed by atoms with Gasteiger partial charge in [-0.3, -0.25) is 9.80 Å². The van der Waals surface area contributed by atoms with Gasteiger partial charge in [0.1, 0.15) is 6.26 Å². The Morgan fingerprint density at radius 1 is 1.80 bits per heavy atom. The molecule has 10 heavy (non-hydrogen) atoms. The summed E-state index contributed by atoms with van der Waals surface area (Å²) >= 11 is 0. The van der Waals surface area contributed by atoms with Crippen LogP contribution in [0.5, 0.6) is 0 Å². The van der Waals surface area contributed by atoms with Gasteiger partial charge in [-0.25, -0.2) is 0 Å². The number of hydrogen-bond donors (Lipinski definition) is 2. The Kier molecular flexibility index (Phi) is 2.11. The van der Waals surface area contributed by atoms with Crippen LogP contribution in [0.15, 0.2) is 12.5 Å². The molecule has 0 unspecified atom stereocenters. The highest BCUT2D eigenvalue weighted by atomic mass is 16.7. The number of hydrazine groups is 1. The smallest absolute Gasteiger partial charge is 0.219 e. The van der Waals surface area contributed by atoms with Gasteiger partial charge in [0.05, 0.1) is 6.20 Å². The highest BCUT2D eigenvalue weighted by Gasteiger charge is 2.04. The monoisotopic (exact) mass is 143 g/mol. The summed E-state index contributed by atoms with van der Waals surface area (Å²) in [6.45, 7) is 0.534. The van der Waals surface area contributed by atoms with Crippen LogP contribution in [-0.2, 0) is 9.63 Å². The first-order chi connectivity index (χ1) is 4.79. The van der Waals surface area contributed by atoms with Crippen LogP contribution in [-0.4, -0.2) is 17.5 Å². The molecule has 0 radical (unpaired) electrons. The number of primary amides is 1. The lowest BCUT2D eigenvalue weighted by Gasteiger charge is -2.11. The van der Waals surface area contributed by atoms with Gasteiger partial charge in [0.2, 0.25) is 5.91 Å². The van der Waals surface area contributed by atoms with Crippen molar-refractivity contribution in [3.63, 3.8) is 0 Å². The van der Waals surface area contributed by atoms with Crippen LogP contribution in [0.4, 0.5) is 0 Å². The fraction of sp³-hybridized carbons (Fsp3) is 0.400. The Morgan fingerprint density at radius 2 is 2.60 bits per heavy atom. The second kappa shape index (κ2) is 3.07. The van der Waals surface area contributed by atoms with Gasteiger partial charge >= 0.3 is 0 Å². The van der Waals surface area contributed by atoms with E-state index in [1.54, 1.807) is 11.2 Å². The van der Waals surface area contributed by atoms with Crippen LogP contribution in [0.25, 0.3) is 0 Å². The van der Waals surface area contributed by atoms with Crippen molar-refractivity contribution in [3.05, 3.63) is 12.5 Å². The first-order valence-corrected chi connectivity index (χ1v) is 2.92. The third-order valence-electron chi connectivity index (χ3n) is 1.08. The zero-order valence-corrected chi connectivity index (χ0v) is 5.41. The van der Waals surface area contributed by atoms with Crippen molar-refractivity contribution in [3.8, 4) is 0 Å². The lowest BCUT2D eigenvalue weighted by atomic mass is 10.4. The molecule has 0 aromatic heterocycles. The predicted octanol–water partition coefficient (Wildman–Crippen LogP) is -0.915. The molecule has 0 saturated heterocycles. The number of carbonyl (C=O) groups excluding carboxylic acids is 1. The average Bonchev–Trinajstić information content (AvgIpc) is 2.34. The SMILES string of the molecule is NC(=O)CCN1C=CON1. The second-order valence-electron chi connectivity index (χ2n) is 1.90. The van der Waals surface area contributed by atoms with Gasteiger partial charge in [0.15, 0.2) is 0 Å². The van der Waals surface area contributed by atoms with E-state index in [1.807, 2.05) is 0 Å². The molecule has 1 aliphatic heterocycles. The summed E-state index contributed by atoms with van der Waals surface area (Å²) in [5.74, 6) is -0.317. The van der Waals surface area contributed by atoms with E-state index in [4.69, 9.17) is 5.73 Å². The van der Waals surface area contributed by atoms with E-state index in [-0.39, 0.29) is 5.91 Å². The molecule has 0 aromatic rings. The molecule has 5 heteroatoms.